The third-order valence-electron chi connectivity index (χ3n) is 2.56. The molecule has 0 aliphatic carbocycles. The van der Waals surface area contributed by atoms with Crippen LogP contribution in [0.5, 0.6) is 0 Å². The Balaban J connectivity index is 2.16. The SMILES string of the molecule is Cc1ccc(CC(=O)c2ccc(Br)c(Cl)c2)nc1. The van der Waals surface area contributed by atoms with Gasteiger partial charge in [0.15, 0.2) is 5.78 Å². The Morgan fingerprint density at radius 2 is 2.11 bits per heavy atom. The number of pyridine rings is 1. The standard InChI is InChI=1S/C14H11BrClNO/c1-9-2-4-11(17-8-9)7-14(18)10-3-5-12(15)13(16)6-10/h2-6,8H,7H2,1H3. The molecule has 0 saturated heterocycles. The quantitative estimate of drug-likeness (QED) is 0.791. The van der Waals surface area contributed by atoms with Gasteiger partial charge in [-0.15, -0.1) is 0 Å². The number of carbonyl (C=O) groups excluding carboxylic acids is 1. The van der Waals surface area contributed by atoms with Crippen molar-refractivity contribution in [3.8, 4) is 0 Å². The lowest BCUT2D eigenvalue weighted by Crippen LogP contribution is -2.05. The lowest BCUT2D eigenvalue weighted by Gasteiger charge is -2.03. The van der Waals surface area contributed by atoms with E-state index in [2.05, 4.69) is 20.9 Å². The molecule has 0 radical (unpaired) electrons. The average molecular weight is 325 g/mol. The van der Waals surface area contributed by atoms with E-state index >= 15 is 0 Å². The fourth-order valence-corrected chi connectivity index (χ4v) is 1.97. The van der Waals surface area contributed by atoms with Crippen LogP contribution in [0.1, 0.15) is 21.6 Å². The Hall–Kier alpha value is -1.19. The minimum absolute atomic E-state index is 0.0146. The highest BCUT2D eigenvalue weighted by atomic mass is 79.9. The molecule has 2 nitrogen and oxygen atoms in total. The van der Waals surface area contributed by atoms with Crippen LogP contribution in [0.15, 0.2) is 41.0 Å². The van der Waals surface area contributed by atoms with Crippen molar-refractivity contribution in [2.24, 2.45) is 0 Å². The first-order valence-corrected chi connectivity index (χ1v) is 6.63. The zero-order chi connectivity index (χ0) is 13.1. The monoisotopic (exact) mass is 323 g/mol. The molecule has 0 atom stereocenters. The van der Waals surface area contributed by atoms with Crippen molar-refractivity contribution in [2.45, 2.75) is 13.3 Å². The number of ketones is 1. The second kappa shape index (κ2) is 5.63. The van der Waals surface area contributed by atoms with Gasteiger partial charge in [-0.2, -0.15) is 0 Å². The molecule has 0 unspecified atom stereocenters. The largest absolute Gasteiger partial charge is 0.294 e. The molecule has 2 aromatic rings. The van der Waals surface area contributed by atoms with Crippen LogP contribution in [0.3, 0.4) is 0 Å². The van der Waals surface area contributed by atoms with Gasteiger partial charge in [-0.3, -0.25) is 9.78 Å². The lowest BCUT2D eigenvalue weighted by molar-refractivity contribution is 0.0992. The number of aromatic nitrogens is 1. The summed E-state index contributed by atoms with van der Waals surface area (Å²) in [7, 11) is 0. The highest BCUT2D eigenvalue weighted by Gasteiger charge is 2.09. The molecular weight excluding hydrogens is 314 g/mol. The Morgan fingerprint density at radius 3 is 2.72 bits per heavy atom. The minimum atomic E-state index is 0.0146. The molecule has 92 valence electrons. The molecule has 0 saturated carbocycles. The summed E-state index contributed by atoms with van der Waals surface area (Å²) in [6.07, 6.45) is 2.05. The van der Waals surface area contributed by atoms with Gasteiger partial charge in [0.2, 0.25) is 0 Å². The second-order valence-electron chi connectivity index (χ2n) is 4.06. The number of benzene rings is 1. The molecule has 1 aromatic heterocycles. The summed E-state index contributed by atoms with van der Waals surface area (Å²) >= 11 is 9.26. The molecule has 0 spiro atoms. The molecule has 0 amide bonds. The van der Waals surface area contributed by atoms with E-state index in [1.165, 1.54) is 0 Å². The number of Topliss-reactive ketones (excluding diaryl/α,β-unsaturated/α-hetero) is 1. The minimum Gasteiger partial charge on any atom is -0.294 e. The fourth-order valence-electron chi connectivity index (χ4n) is 1.54. The van der Waals surface area contributed by atoms with Crippen molar-refractivity contribution in [1.29, 1.82) is 0 Å². The molecule has 0 aliphatic rings. The van der Waals surface area contributed by atoms with Crippen molar-refractivity contribution in [1.82, 2.24) is 4.98 Å². The van der Waals surface area contributed by atoms with Crippen molar-refractivity contribution < 1.29 is 4.79 Å². The normalized spacial score (nSPS) is 10.4. The molecule has 0 aliphatic heterocycles. The highest BCUT2D eigenvalue weighted by molar-refractivity contribution is 9.10. The van der Waals surface area contributed by atoms with Crippen LogP contribution in [0.4, 0.5) is 0 Å². The molecular formula is C14H11BrClNO. The summed E-state index contributed by atoms with van der Waals surface area (Å²) in [5.41, 5.74) is 2.45. The topological polar surface area (TPSA) is 30.0 Å². The number of halogens is 2. The second-order valence-corrected chi connectivity index (χ2v) is 5.32. The van der Waals surface area contributed by atoms with Gasteiger partial charge in [0.05, 0.1) is 11.4 Å². The van der Waals surface area contributed by atoms with Crippen molar-refractivity contribution >= 4 is 33.3 Å². The van der Waals surface area contributed by atoms with Crippen LogP contribution < -0.4 is 0 Å². The molecule has 18 heavy (non-hydrogen) atoms. The maximum atomic E-state index is 12.0. The van der Waals surface area contributed by atoms with Gasteiger partial charge in [0, 0.05) is 21.9 Å². The summed E-state index contributed by atoms with van der Waals surface area (Å²) in [5.74, 6) is 0.0146. The molecule has 0 N–H and O–H groups in total. The zero-order valence-corrected chi connectivity index (χ0v) is 12.1. The van der Waals surface area contributed by atoms with E-state index in [1.807, 2.05) is 19.1 Å². The summed E-state index contributed by atoms with van der Waals surface area (Å²) in [4.78, 5) is 16.3. The number of aryl methyl sites for hydroxylation is 1. The molecule has 1 heterocycles. The number of rotatable bonds is 3. The van der Waals surface area contributed by atoms with Gasteiger partial charge in [-0.1, -0.05) is 23.7 Å². The van der Waals surface area contributed by atoms with Gasteiger partial charge in [-0.05, 0) is 46.6 Å². The smallest absolute Gasteiger partial charge is 0.168 e. The van der Waals surface area contributed by atoms with Crippen LogP contribution in [0.25, 0.3) is 0 Å². The first-order chi connectivity index (χ1) is 8.56. The molecule has 2 rings (SSSR count). The molecule has 1 aromatic carbocycles. The fraction of sp³-hybridized carbons (Fsp3) is 0.143. The predicted molar refractivity (Wildman–Crippen MR) is 76.2 cm³/mol. The first kappa shape index (κ1) is 13.2. The van der Waals surface area contributed by atoms with Crippen molar-refractivity contribution in [2.75, 3.05) is 0 Å². The van der Waals surface area contributed by atoms with Crippen molar-refractivity contribution in [3.05, 3.63) is 62.8 Å². The van der Waals surface area contributed by atoms with Gasteiger partial charge >= 0.3 is 0 Å². The summed E-state index contributed by atoms with van der Waals surface area (Å²) in [6.45, 7) is 1.97. The van der Waals surface area contributed by atoms with Gasteiger partial charge < -0.3 is 0 Å². The maximum Gasteiger partial charge on any atom is 0.168 e. The molecule has 4 heteroatoms. The van der Waals surface area contributed by atoms with E-state index in [0.717, 1.165) is 15.7 Å². The van der Waals surface area contributed by atoms with Gasteiger partial charge in [0.25, 0.3) is 0 Å². The van der Waals surface area contributed by atoms with Gasteiger partial charge in [-0.25, -0.2) is 0 Å². The van der Waals surface area contributed by atoms with E-state index in [-0.39, 0.29) is 12.2 Å². The van der Waals surface area contributed by atoms with E-state index < -0.39 is 0 Å². The van der Waals surface area contributed by atoms with Crippen LogP contribution >= 0.6 is 27.5 Å². The summed E-state index contributed by atoms with van der Waals surface area (Å²) in [6, 6.07) is 9.02. The van der Waals surface area contributed by atoms with Crippen LogP contribution in [-0.2, 0) is 6.42 Å². The zero-order valence-electron chi connectivity index (χ0n) is 9.78. The first-order valence-electron chi connectivity index (χ1n) is 5.46. The Kier molecular flexibility index (Phi) is 4.15. The van der Waals surface area contributed by atoms with E-state index in [9.17, 15) is 4.79 Å². The number of nitrogens with zero attached hydrogens (tertiary/aromatic N) is 1. The number of hydrogen-bond acceptors (Lipinski definition) is 2. The Morgan fingerprint density at radius 1 is 1.33 bits per heavy atom. The number of carbonyl (C=O) groups is 1. The van der Waals surface area contributed by atoms with Gasteiger partial charge in [0.1, 0.15) is 0 Å². The molecule has 0 bridgehead atoms. The summed E-state index contributed by atoms with van der Waals surface area (Å²) < 4.78 is 0.786. The highest BCUT2D eigenvalue weighted by Crippen LogP contribution is 2.23. The van der Waals surface area contributed by atoms with Crippen molar-refractivity contribution in [3.63, 3.8) is 0 Å². The average Bonchev–Trinajstić information content (AvgIpc) is 2.35. The lowest BCUT2D eigenvalue weighted by atomic mass is 10.1. The number of hydrogen-bond donors (Lipinski definition) is 0. The third kappa shape index (κ3) is 3.18. The van der Waals surface area contributed by atoms with Crippen LogP contribution in [0.2, 0.25) is 5.02 Å². The third-order valence-corrected chi connectivity index (χ3v) is 3.79. The Bertz CT molecular complexity index is 581. The van der Waals surface area contributed by atoms with E-state index in [1.54, 1.807) is 24.4 Å². The maximum absolute atomic E-state index is 12.0. The van der Waals surface area contributed by atoms with E-state index in [4.69, 9.17) is 11.6 Å². The van der Waals surface area contributed by atoms with Crippen LogP contribution in [-0.4, -0.2) is 10.8 Å². The molecule has 0 fully saturated rings. The summed E-state index contributed by atoms with van der Waals surface area (Å²) in [5, 5.41) is 0.540. The Labute approximate surface area is 119 Å². The van der Waals surface area contributed by atoms with E-state index in [0.29, 0.717) is 10.6 Å². The predicted octanol–water partition coefficient (Wildman–Crippen LogP) is 4.23. The van der Waals surface area contributed by atoms with Crippen LogP contribution in [0, 0.1) is 6.92 Å².